The minimum absolute atomic E-state index is 0.240. The number of hydrogen-bond donors (Lipinski definition) is 1. The molecule has 10 heteroatoms. The highest BCUT2D eigenvalue weighted by Gasteiger charge is 2.06. The van der Waals surface area contributed by atoms with E-state index in [4.69, 9.17) is 0 Å². The zero-order valence-corrected chi connectivity index (χ0v) is 15.7. The third-order valence-corrected chi connectivity index (χ3v) is 5.35. The smallest absolute Gasteiger partial charge is 0.250 e. The van der Waals surface area contributed by atoms with E-state index < -0.39 is 0 Å². The molecule has 0 saturated heterocycles. The van der Waals surface area contributed by atoms with Crippen molar-refractivity contribution in [1.29, 1.82) is 0 Å². The monoisotopic (exact) mass is 387 g/mol. The van der Waals surface area contributed by atoms with Crippen LogP contribution in [0.25, 0.3) is 11.8 Å². The molecule has 1 aromatic carbocycles. The first-order chi connectivity index (χ1) is 12.7. The Kier molecular flexibility index (Phi) is 6.45. The van der Waals surface area contributed by atoms with Gasteiger partial charge in [0.15, 0.2) is 4.34 Å². The van der Waals surface area contributed by atoms with Crippen molar-refractivity contribution in [1.82, 2.24) is 30.4 Å². The molecule has 134 valence electrons. The van der Waals surface area contributed by atoms with Crippen LogP contribution in [-0.2, 0) is 4.79 Å². The largest absolute Gasteiger partial charge is 0.297 e. The van der Waals surface area contributed by atoms with Gasteiger partial charge in [-0.3, -0.25) is 10.1 Å². The Morgan fingerprint density at radius 2 is 2.15 bits per heavy atom. The van der Waals surface area contributed by atoms with E-state index in [1.165, 1.54) is 23.7 Å². The minimum Gasteiger partial charge on any atom is -0.297 e. The van der Waals surface area contributed by atoms with E-state index in [0.29, 0.717) is 5.13 Å². The number of aromatic nitrogens is 6. The summed E-state index contributed by atoms with van der Waals surface area (Å²) in [5.74, 6) is 0.774. The Hall–Kier alpha value is -2.59. The van der Waals surface area contributed by atoms with Crippen molar-refractivity contribution in [2.45, 2.75) is 24.1 Å². The Morgan fingerprint density at radius 3 is 2.88 bits per heavy atom. The van der Waals surface area contributed by atoms with Crippen molar-refractivity contribution < 1.29 is 4.79 Å². The van der Waals surface area contributed by atoms with E-state index >= 15 is 0 Å². The number of thioether (sulfide) groups is 1. The van der Waals surface area contributed by atoms with E-state index in [9.17, 15) is 4.79 Å². The maximum absolute atomic E-state index is 12.0. The zero-order chi connectivity index (χ0) is 18.2. The van der Waals surface area contributed by atoms with E-state index in [2.05, 4.69) is 38.0 Å². The Bertz CT molecular complexity index is 859. The lowest BCUT2D eigenvalue weighted by atomic mass is 10.2. The van der Waals surface area contributed by atoms with Gasteiger partial charge in [-0.2, -0.15) is 0 Å². The summed E-state index contributed by atoms with van der Waals surface area (Å²) < 4.78 is 2.43. The number of nitrogens with zero attached hydrogens (tertiary/aromatic N) is 6. The van der Waals surface area contributed by atoms with Crippen LogP contribution in [0, 0.1) is 0 Å². The number of anilines is 1. The van der Waals surface area contributed by atoms with Crippen molar-refractivity contribution >= 4 is 40.2 Å². The zero-order valence-electron chi connectivity index (χ0n) is 14.1. The molecule has 3 aromatic rings. The van der Waals surface area contributed by atoms with Crippen molar-refractivity contribution in [2.24, 2.45) is 0 Å². The first kappa shape index (κ1) is 18.2. The van der Waals surface area contributed by atoms with Gasteiger partial charge in [0.2, 0.25) is 11.0 Å². The average Bonchev–Trinajstić information content (AvgIpc) is 3.33. The van der Waals surface area contributed by atoms with Gasteiger partial charge in [0.05, 0.1) is 5.69 Å². The molecule has 0 fully saturated rings. The van der Waals surface area contributed by atoms with Crippen LogP contribution in [0.3, 0.4) is 0 Å². The normalized spacial score (nSPS) is 11.1. The second-order valence-electron chi connectivity index (χ2n) is 5.24. The lowest BCUT2D eigenvalue weighted by molar-refractivity contribution is -0.111. The summed E-state index contributed by atoms with van der Waals surface area (Å²) in [6.07, 6.45) is 7.01. The fourth-order valence-electron chi connectivity index (χ4n) is 1.96. The fraction of sp³-hybridized carbons (Fsp3) is 0.250. The molecule has 0 radical (unpaired) electrons. The highest BCUT2D eigenvalue weighted by molar-refractivity contribution is 8.01. The van der Waals surface area contributed by atoms with Gasteiger partial charge in [0.1, 0.15) is 6.33 Å². The molecule has 0 unspecified atom stereocenters. The predicted molar refractivity (Wildman–Crippen MR) is 102 cm³/mol. The molecular weight excluding hydrogens is 370 g/mol. The maximum atomic E-state index is 12.0. The first-order valence-corrected chi connectivity index (χ1v) is 9.83. The van der Waals surface area contributed by atoms with Crippen LogP contribution in [0.1, 0.15) is 25.3 Å². The first-order valence-electron chi connectivity index (χ1n) is 8.03. The summed E-state index contributed by atoms with van der Waals surface area (Å²) in [5.41, 5.74) is 1.74. The molecule has 0 atom stereocenters. The Morgan fingerprint density at radius 1 is 1.31 bits per heavy atom. The number of nitrogens with one attached hydrogen (secondary N) is 1. The third kappa shape index (κ3) is 5.20. The number of hydrogen-bond acceptors (Lipinski definition) is 8. The van der Waals surface area contributed by atoms with Crippen molar-refractivity contribution in [2.75, 3.05) is 11.1 Å². The Balaban J connectivity index is 1.53. The number of benzene rings is 1. The predicted octanol–water partition coefficient (Wildman–Crippen LogP) is 3.06. The number of carbonyl (C=O) groups excluding carboxylic acids is 1. The summed E-state index contributed by atoms with van der Waals surface area (Å²) in [7, 11) is 0. The van der Waals surface area contributed by atoms with E-state index in [1.807, 2.05) is 24.3 Å². The fourth-order valence-corrected chi connectivity index (χ4v) is 3.87. The van der Waals surface area contributed by atoms with Gasteiger partial charge in [-0.1, -0.05) is 48.6 Å². The summed E-state index contributed by atoms with van der Waals surface area (Å²) >= 11 is 3.05. The lowest BCUT2D eigenvalue weighted by Gasteiger charge is -1.99. The molecule has 0 aliphatic heterocycles. The summed E-state index contributed by atoms with van der Waals surface area (Å²) in [4.78, 5) is 12.0. The van der Waals surface area contributed by atoms with Gasteiger partial charge < -0.3 is 0 Å². The van der Waals surface area contributed by atoms with Crippen LogP contribution < -0.4 is 5.32 Å². The van der Waals surface area contributed by atoms with Gasteiger partial charge in [-0.25, -0.2) is 4.68 Å². The molecule has 2 heterocycles. The molecular formula is C16H17N7OS2. The molecule has 0 aliphatic rings. The van der Waals surface area contributed by atoms with E-state index in [-0.39, 0.29) is 5.91 Å². The Labute approximate surface area is 158 Å². The van der Waals surface area contributed by atoms with Crippen molar-refractivity contribution in [3.8, 4) is 5.69 Å². The maximum Gasteiger partial charge on any atom is 0.250 e. The van der Waals surface area contributed by atoms with Gasteiger partial charge in [-0.15, -0.1) is 15.3 Å². The van der Waals surface area contributed by atoms with Crippen LogP contribution in [0.5, 0.6) is 0 Å². The molecule has 8 nitrogen and oxygen atoms in total. The summed E-state index contributed by atoms with van der Waals surface area (Å²) in [6.45, 7) is 2.15. The van der Waals surface area contributed by atoms with E-state index in [0.717, 1.165) is 34.2 Å². The topological polar surface area (TPSA) is 98.5 Å². The average molecular weight is 387 g/mol. The summed E-state index contributed by atoms with van der Waals surface area (Å²) in [5, 5.41) is 22.3. The van der Waals surface area contributed by atoms with Crippen LogP contribution in [-0.4, -0.2) is 42.1 Å². The van der Waals surface area contributed by atoms with Gasteiger partial charge in [0.25, 0.3) is 0 Å². The SMILES string of the molecule is CCCCSc1nnc(NC(=O)/C=C/c2ccc(-n3cnnn3)cc2)s1. The highest BCUT2D eigenvalue weighted by Crippen LogP contribution is 2.26. The number of unbranched alkanes of at least 4 members (excludes halogenated alkanes) is 1. The standard InChI is InChI=1S/C16H17N7OS2/c1-2-3-10-25-16-20-19-15(26-16)18-14(24)9-6-12-4-7-13(8-5-12)23-11-17-21-22-23/h4-9,11H,2-3,10H2,1H3,(H,18,19,24)/b9-6+. The number of amides is 1. The van der Waals surface area contributed by atoms with Gasteiger partial charge >= 0.3 is 0 Å². The molecule has 0 aliphatic carbocycles. The van der Waals surface area contributed by atoms with Crippen LogP contribution in [0.15, 0.2) is 41.0 Å². The van der Waals surface area contributed by atoms with Gasteiger partial charge in [-0.05, 0) is 40.6 Å². The number of carbonyl (C=O) groups is 1. The van der Waals surface area contributed by atoms with E-state index in [1.54, 1.807) is 22.5 Å². The molecule has 0 bridgehead atoms. The number of tetrazole rings is 1. The van der Waals surface area contributed by atoms with Crippen LogP contribution in [0.2, 0.25) is 0 Å². The van der Waals surface area contributed by atoms with Crippen molar-refractivity contribution in [3.05, 3.63) is 42.2 Å². The second kappa shape index (κ2) is 9.20. The third-order valence-electron chi connectivity index (χ3n) is 3.29. The second-order valence-corrected chi connectivity index (χ2v) is 7.56. The quantitative estimate of drug-likeness (QED) is 0.274. The van der Waals surface area contributed by atoms with Crippen LogP contribution >= 0.6 is 23.1 Å². The molecule has 3 rings (SSSR count). The van der Waals surface area contributed by atoms with Crippen LogP contribution in [0.4, 0.5) is 5.13 Å². The summed E-state index contributed by atoms with van der Waals surface area (Å²) in [6, 6.07) is 7.51. The number of rotatable bonds is 8. The molecule has 26 heavy (non-hydrogen) atoms. The molecule has 2 aromatic heterocycles. The van der Waals surface area contributed by atoms with Crippen molar-refractivity contribution in [3.63, 3.8) is 0 Å². The molecule has 0 spiro atoms. The highest BCUT2D eigenvalue weighted by atomic mass is 32.2. The molecule has 0 saturated carbocycles. The van der Waals surface area contributed by atoms with Gasteiger partial charge in [0, 0.05) is 11.8 Å². The lowest BCUT2D eigenvalue weighted by Crippen LogP contribution is -2.07. The minimum atomic E-state index is -0.240. The molecule has 1 N–H and O–H groups in total. The molecule has 1 amide bonds.